The number of anilines is 1. The molecule has 1 saturated carbocycles. The minimum absolute atomic E-state index is 0.0543. The second kappa shape index (κ2) is 11.5. The number of aliphatic hydroxyl groups excluding tert-OH is 1. The molecule has 2 aliphatic heterocycles. The molecule has 8 nitrogen and oxygen atoms in total. The molecule has 1 spiro atoms. The number of benzene rings is 2. The fourth-order valence-electron chi connectivity index (χ4n) is 7.62. The highest BCUT2D eigenvalue weighted by molar-refractivity contribution is 6.30. The molecule has 2 aliphatic carbocycles. The highest BCUT2D eigenvalue weighted by Crippen LogP contribution is 2.47. The third-order valence-corrected chi connectivity index (χ3v) is 10.5. The molecule has 0 aromatic heterocycles. The van der Waals surface area contributed by atoms with Crippen LogP contribution >= 0.6 is 11.6 Å². The average Bonchev–Trinajstić information content (AvgIpc) is 3.10. The van der Waals surface area contributed by atoms with Gasteiger partial charge in [0.1, 0.15) is 5.75 Å². The molecule has 0 radical (unpaired) electrons. The van der Waals surface area contributed by atoms with E-state index in [2.05, 4.69) is 17.0 Å². The highest BCUT2D eigenvalue weighted by Gasteiger charge is 2.46. The Hall–Kier alpha value is -3.07. The number of carboxylic acids is 1. The minimum Gasteiger partial charge on any atom is -0.490 e. The number of ether oxygens (including phenoxy) is 1. The molecule has 9 heteroatoms. The maximum atomic E-state index is 13.2. The molecule has 1 fully saturated rings. The van der Waals surface area contributed by atoms with Crippen LogP contribution in [0.5, 0.6) is 5.75 Å². The molecular formula is C34H41ClN2O6. The largest absolute Gasteiger partial charge is 0.490 e. The second-order valence-corrected chi connectivity index (χ2v) is 13.7. The molecular weight excluding hydrogens is 568 g/mol. The summed E-state index contributed by atoms with van der Waals surface area (Å²) in [5, 5.41) is 33.7. The van der Waals surface area contributed by atoms with Gasteiger partial charge >= 0.3 is 5.97 Å². The van der Waals surface area contributed by atoms with Crippen molar-refractivity contribution in [3.8, 4) is 5.75 Å². The van der Waals surface area contributed by atoms with E-state index >= 15 is 0 Å². The van der Waals surface area contributed by atoms with E-state index < -0.39 is 30.0 Å². The van der Waals surface area contributed by atoms with Gasteiger partial charge in [-0.3, -0.25) is 4.79 Å². The summed E-state index contributed by atoms with van der Waals surface area (Å²) in [5.74, 6) is -1.07. The van der Waals surface area contributed by atoms with Crippen LogP contribution in [0.3, 0.4) is 0 Å². The number of rotatable bonds is 1. The zero-order valence-electron chi connectivity index (χ0n) is 24.8. The summed E-state index contributed by atoms with van der Waals surface area (Å²) < 4.78 is 6.53. The molecule has 2 aromatic rings. The van der Waals surface area contributed by atoms with Crippen molar-refractivity contribution < 1.29 is 29.6 Å². The topological polar surface area (TPSA) is 111 Å². The van der Waals surface area contributed by atoms with Gasteiger partial charge in [-0.2, -0.15) is 0 Å². The molecule has 1 amide bonds. The molecule has 4 aliphatic rings. The zero-order chi connectivity index (χ0) is 30.5. The normalized spacial score (nSPS) is 33.5. The summed E-state index contributed by atoms with van der Waals surface area (Å²) in [7, 11) is 1.61. The van der Waals surface area contributed by atoms with Gasteiger partial charge in [0.05, 0.1) is 24.8 Å². The van der Waals surface area contributed by atoms with Crippen LogP contribution in [0.2, 0.25) is 5.02 Å². The molecule has 2 bridgehead atoms. The number of halogens is 1. The number of fused-ring (bicyclic) bond motifs is 4. The third-order valence-electron chi connectivity index (χ3n) is 10.3. The van der Waals surface area contributed by atoms with Gasteiger partial charge in [-0.1, -0.05) is 42.8 Å². The van der Waals surface area contributed by atoms with Crippen LogP contribution in [0.25, 0.3) is 0 Å². The highest BCUT2D eigenvalue weighted by atomic mass is 35.5. The summed E-state index contributed by atoms with van der Waals surface area (Å²) in [6.07, 6.45) is 7.36. The number of aliphatic carboxylic acids is 1. The van der Waals surface area contributed by atoms with Crippen molar-refractivity contribution in [3.63, 3.8) is 0 Å². The van der Waals surface area contributed by atoms with E-state index in [-0.39, 0.29) is 28.7 Å². The number of hydrogen-bond donors (Lipinski definition) is 3. The molecule has 0 saturated heterocycles. The van der Waals surface area contributed by atoms with E-state index in [0.717, 1.165) is 32.1 Å². The van der Waals surface area contributed by atoms with Gasteiger partial charge in [0, 0.05) is 37.1 Å². The Bertz CT molecular complexity index is 1450. The zero-order valence-corrected chi connectivity index (χ0v) is 25.6. The quantitative estimate of drug-likeness (QED) is 0.408. The summed E-state index contributed by atoms with van der Waals surface area (Å²) in [6.45, 7) is 4.04. The number of nitrogens with zero attached hydrogens (tertiary/aromatic N) is 2. The standard InChI is InChI=1S/C34H41ClN2O6/c1-21-5-11-29(38)26-9-6-23(26)18-37-19-33(13-3-4-22-14-25(35)8-10-27(22)33)20-43-30-12-7-24(15-28(30)37)34(42,32(40)41)16-31(39)36(2)17-21/h5,7-8,10-12,14-15,21,23,26,29,38,42H,3-4,6,9,13,16-20H2,1-2H3,(H,40,41)/b11-5-/t21-,23+,26-,29+,33+,34+/m1/s1. The number of aliphatic hydroxyl groups is 2. The lowest BCUT2D eigenvalue weighted by Crippen LogP contribution is -2.49. The lowest BCUT2D eigenvalue weighted by Gasteiger charge is -2.45. The molecule has 230 valence electrons. The van der Waals surface area contributed by atoms with E-state index in [9.17, 15) is 24.9 Å². The number of carbonyl (C=O) groups is 2. The summed E-state index contributed by atoms with van der Waals surface area (Å²) in [4.78, 5) is 29.5. The molecule has 3 N–H and O–H groups in total. The molecule has 2 aromatic carbocycles. The maximum absolute atomic E-state index is 13.2. The Morgan fingerprint density at radius 2 is 1.93 bits per heavy atom. The maximum Gasteiger partial charge on any atom is 0.340 e. The third kappa shape index (κ3) is 5.54. The fourth-order valence-corrected chi connectivity index (χ4v) is 7.82. The van der Waals surface area contributed by atoms with Crippen molar-refractivity contribution in [3.05, 3.63) is 70.3 Å². The van der Waals surface area contributed by atoms with Crippen molar-refractivity contribution in [2.45, 2.75) is 62.6 Å². The Labute approximate surface area is 257 Å². The van der Waals surface area contributed by atoms with Gasteiger partial charge in [-0.15, -0.1) is 0 Å². The number of amides is 1. The van der Waals surface area contributed by atoms with E-state index in [1.807, 2.05) is 25.1 Å². The average molecular weight is 609 g/mol. The summed E-state index contributed by atoms with van der Waals surface area (Å²) >= 11 is 6.39. The van der Waals surface area contributed by atoms with Crippen molar-refractivity contribution in [1.82, 2.24) is 4.90 Å². The smallest absolute Gasteiger partial charge is 0.340 e. The predicted octanol–water partition coefficient (Wildman–Crippen LogP) is 4.53. The van der Waals surface area contributed by atoms with Crippen LogP contribution in [0.15, 0.2) is 48.6 Å². The number of carbonyl (C=O) groups excluding carboxylic acids is 1. The Morgan fingerprint density at radius 1 is 1.12 bits per heavy atom. The van der Waals surface area contributed by atoms with Crippen LogP contribution in [0.4, 0.5) is 5.69 Å². The van der Waals surface area contributed by atoms with Crippen LogP contribution < -0.4 is 9.64 Å². The Morgan fingerprint density at radius 3 is 2.67 bits per heavy atom. The number of carboxylic acid groups (broad SMARTS) is 1. The first-order valence-corrected chi connectivity index (χ1v) is 15.7. The van der Waals surface area contributed by atoms with Gasteiger partial charge in [0.25, 0.3) is 0 Å². The lowest BCUT2D eigenvalue weighted by atomic mass is 9.68. The predicted molar refractivity (Wildman–Crippen MR) is 165 cm³/mol. The van der Waals surface area contributed by atoms with Gasteiger partial charge in [-0.25, -0.2) is 4.79 Å². The van der Waals surface area contributed by atoms with E-state index in [1.54, 1.807) is 25.2 Å². The van der Waals surface area contributed by atoms with Crippen molar-refractivity contribution in [1.29, 1.82) is 0 Å². The minimum atomic E-state index is -2.41. The van der Waals surface area contributed by atoms with Crippen molar-refractivity contribution in [2.75, 3.05) is 38.2 Å². The second-order valence-electron chi connectivity index (χ2n) is 13.3. The van der Waals surface area contributed by atoms with Crippen LogP contribution in [0, 0.1) is 17.8 Å². The number of hydrogen-bond acceptors (Lipinski definition) is 6. The summed E-state index contributed by atoms with van der Waals surface area (Å²) in [6, 6.07) is 11.1. The lowest BCUT2D eigenvalue weighted by molar-refractivity contribution is -0.164. The Kier molecular flexibility index (Phi) is 7.98. The molecule has 43 heavy (non-hydrogen) atoms. The SMILES string of the molecule is C[C@@H]1/C=C\[C@H](O)[C@@H]2CC[C@H]2CN2C[C@@]3(CCCc4cc(Cl)ccc43)COc3ccc(cc32)[C@](O)(C(=O)O)CC(=O)N(C)C1. The number of aryl methyl sites for hydroxylation is 1. The molecule has 6 atom stereocenters. The van der Waals surface area contributed by atoms with Gasteiger partial charge in [0.2, 0.25) is 5.91 Å². The Balaban J connectivity index is 1.46. The van der Waals surface area contributed by atoms with Gasteiger partial charge in [-0.05, 0) is 90.8 Å². The first-order valence-electron chi connectivity index (χ1n) is 15.4. The van der Waals surface area contributed by atoms with E-state index in [1.165, 1.54) is 16.0 Å². The van der Waals surface area contributed by atoms with Crippen LogP contribution in [-0.4, -0.2) is 71.5 Å². The molecule has 6 rings (SSSR count). The van der Waals surface area contributed by atoms with Crippen molar-refractivity contribution >= 4 is 29.2 Å². The molecule has 0 unspecified atom stereocenters. The van der Waals surface area contributed by atoms with Crippen LogP contribution in [0.1, 0.15) is 55.7 Å². The first-order chi connectivity index (χ1) is 20.5. The van der Waals surface area contributed by atoms with Crippen LogP contribution in [-0.2, 0) is 27.0 Å². The molecule has 2 heterocycles. The first kappa shape index (κ1) is 30.0. The monoisotopic (exact) mass is 608 g/mol. The van der Waals surface area contributed by atoms with Crippen molar-refractivity contribution in [2.24, 2.45) is 17.8 Å². The fraction of sp³-hybridized carbons (Fsp3) is 0.529. The van der Waals surface area contributed by atoms with Gasteiger partial charge < -0.3 is 29.9 Å². The van der Waals surface area contributed by atoms with E-state index in [0.29, 0.717) is 42.7 Å². The summed E-state index contributed by atoms with van der Waals surface area (Å²) in [5.41, 5.74) is 0.574. The van der Waals surface area contributed by atoms with Gasteiger partial charge in [0.15, 0.2) is 5.60 Å². The van der Waals surface area contributed by atoms with E-state index in [4.69, 9.17) is 16.3 Å².